The molecule has 0 aromatic heterocycles. The van der Waals surface area contributed by atoms with Crippen molar-refractivity contribution in [3.05, 3.63) is 35.4 Å². The summed E-state index contributed by atoms with van der Waals surface area (Å²) >= 11 is 0. The zero-order valence-electron chi connectivity index (χ0n) is 12.5. The van der Waals surface area contributed by atoms with Crippen molar-refractivity contribution >= 4 is 12.0 Å². The minimum Gasteiger partial charge on any atom is -0.481 e. The first-order valence-electron chi connectivity index (χ1n) is 7.25. The summed E-state index contributed by atoms with van der Waals surface area (Å²) in [6, 6.07) is 7.18. The molecule has 21 heavy (non-hydrogen) atoms. The summed E-state index contributed by atoms with van der Waals surface area (Å²) in [6.07, 6.45) is 1.17. The molecule has 0 radical (unpaired) electrons. The van der Waals surface area contributed by atoms with Crippen LogP contribution in [0.25, 0.3) is 0 Å². The van der Waals surface area contributed by atoms with Crippen molar-refractivity contribution in [1.29, 1.82) is 0 Å². The van der Waals surface area contributed by atoms with E-state index in [4.69, 9.17) is 5.11 Å². The fourth-order valence-corrected chi connectivity index (χ4v) is 2.46. The van der Waals surface area contributed by atoms with E-state index in [0.717, 1.165) is 23.6 Å². The Kier molecular flexibility index (Phi) is 4.83. The van der Waals surface area contributed by atoms with Crippen LogP contribution in [0.3, 0.4) is 0 Å². The normalized spacial score (nSPS) is 19.9. The van der Waals surface area contributed by atoms with Crippen LogP contribution in [0.1, 0.15) is 24.5 Å². The van der Waals surface area contributed by atoms with Crippen molar-refractivity contribution in [2.24, 2.45) is 11.8 Å². The molecular weight excluding hydrogens is 268 g/mol. The van der Waals surface area contributed by atoms with Crippen molar-refractivity contribution < 1.29 is 14.7 Å². The second kappa shape index (κ2) is 6.61. The SMILES string of the molecule is CC1CC1CN(C)C(=O)NCc1ccccc1CC(=O)O. The summed E-state index contributed by atoms with van der Waals surface area (Å²) in [5, 5.41) is 11.7. The quantitative estimate of drug-likeness (QED) is 0.843. The standard InChI is InChI=1S/C16H22N2O3/c1-11-7-14(11)10-18(2)16(21)17-9-13-6-4-3-5-12(13)8-15(19)20/h3-6,11,14H,7-10H2,1-2H3,(H,17,21)(H,19,20). The molecule has 1 saturated carbocycles. The molecule has 0 saturated heterocycles. The number of hydrogen-bond donors (Lipinski definition) is 2. The highest BCUT2D eigenvalue weighted by molar-refractivity contribution is 5.74. The number of aliphatic carboxylic acids is 1. The number of benzene rings is 1. The van der Waals surface area contributed by atoms with E-state index in [1.54, 1.807) is 18.0 Å². The van der Waals surface area contributed by atoms with Crippen LogP contribution < -0.4 is 5.32 Å². The zero-order chi connectivity index (χ0) is 15.4. The lowest BCUT2D eigenvalue weighted by atomic mass is 10.0. The number of rotatable bonds is 6. The van der Waals surface area contributed by atoms with Crippen LogP contribution >= 0.6 is 0 Å². The molecule has 2 amide bonds. The number of hydrogen-bond acceptors (Lipinski definition) is 2. The molecular formula is C16H22N2O3. The van der Waals surface area contributed by atoms with Crippen molar-refractivity contribution in [3.63, 3.8) is 0 Å². The first kappa shape index (κ1) is 15.4. The van der Waals surface area contributed by atoms with Gasteiger partial charge in [-0.1, -0.05) is 31.2 Å². The fourth-order valence-electron chi connectivity index (χ4n) is 2.46. The van der Waals surface area contributed by atoms with Gasteiger partial charge in [-0.15, -0.1) is 0 Å². The highest BCUT2D eigenvalue weighted by atomic mass is 16.4. The van der Waals surface area contributed by atoms with Gasteiger partial charge in [0.2, 0.25) is 0 Å². The van der Waals surface area contributed by atoms with Crippen molar-refractivity contribution in [3.8, 4) is 0 Å². The molecule has 1 aliphatic rings. The molecule has 114 valence electrons. The van der Waals surface area contributed by atoms with Crippen molar-refractivity contribution in [2.45, 2.75) is 26.3 Å². The Hall–Kier alpha value is -2.04. The Balaban J connectivity index is 1.87. The number of nitrogens with one attached hydrogen (secondary N) is 1. The third-order valence-electron chi connectivity index (χ3n) is 4.02. The average molecular weight is 290 g/mol. The highest BCUT2D eigenvalue weighted by Gasteiger charge is 2.34. The fraction of sp³-hybridized carbons (Fsp3) is 0.500. The highest BCUT2D eigenvalue weighted by Crippen LogP contribution is 2.37. The number of carboxylic acid groups (broad SMARTS) is 1. The Labute approximate surface area is 125 Å². The summed E-state index contributed by atoms with van der Waals surface area (Å²) in [5.41, 5.74) is 1.59. The number of carbonyl (C=O) groups excluding carboxylic acids is 1. The predicted octanol–water partition coefficient (Wildman–Crippen LogP) is 2.11. The van der Waals surface area contributed by atoms with Gasteiger partial charge in [0.25, 0.3) is 0 Å². The predicted molar refractivity (Wildman–Crippen MR) is 79.9 cm³/mol. The average Bonchev–Trinajstić information content (AvgIpc) is 3.12. The maximum Gasteiger partial charge on any atom is 0.317 e. The molecule has 2 unspecified atom stereocenters. The molecule has 1 aromatic rings. The van der Waals surface area contributed by atoms with E-state index < -0.39 is 5.97 Å². The summed E-state index contributed by atoms with van der Waals surface area (Å²) in [6.45, 7) is 3.33. The second-order valence-electron chi connectivity index (χ2n) is 5.85. The van der Waals surface area contributed by atoms with E-state index in [9.17, 15) is 9.59 Å². The lowest BCUT2D eigenvalue weighted by Gasteiger charge is -2.18. The molecule has 1 aromatic carbocycles. The lowest BCUT2D eigenvalue weighted by Crippen LogP contribution is -2.38. The van der Waals surface area contributed by atoms with Gasteiger partial charge in [0.1, 0.15) is 0 Å². The monoisotopic (exact) mass is 290 g/mol. The van der Waals surface area contributed by atoms with Gasteiger partial charge in [-0.05, 0) is 29.4 Å². The minimum absolute atomic E-state index is 0.0263. The first-order chi connectivity index (χ1) is 9.97. The largest absolute Gasteiger partial charge is 0.481 e. The molecule has 1 aliphatic carbocycles. The van der Waals surface area contributed by atoms with Gasteiger partial charge < -0.3 is 15.3 Å². The third-order valence-corrected chi connectivity index (χ3v) is 4.02. The van der Waals surface area contributed by atoms with Gasteiger partial charge >= 0.3 is 12.0 Å². The van der Waals surface area contributed by atoms with Crippen LogP contribution in [0, 0.1) is 11.8 Å². The molecule has 2 rings (SSSR count). The smallest absolute Gasteiger partial charge is 0.317 e. The number of amides is 2. The summed E-state index contributed by atoms with van der Waals surface area (Å²) in [7, 11) is 1.80. The number of urea groups is 1. The summed E-state index contributed by atoms with van der Waals surface area (Å²) < 4.78 is 0. The maximum absolute atomic E-state index is 12.0. The van der Waals surface area contributed by atoms with E-state index in [1.807, 2.05) is 18.2 Å². The molecule has 5 heteroatoms. The van der Waals surface area contributed by atoms with Gasteiger partial charge in [0, 0.05) is 20.1 Å². The topological polar surface area (TPSA) is 69.6 Å². The van der Waals surface area contributed by atoms with Gasteiger partial charge in [-0.25, -0.2) is 4.79 Å². The molecule has 1 fully saturated rings. The van der Waals surface area contributed by atoms with Crippen LogP contribution in [0.5, 0.6) is 0 Å². The van der Waals surface area contributed by atoms with Crippen molar-refractivity contribution in [2.75, 3.05) is 13.6 Å². The van der Waals surface area contributed by atoms with Crippen LogP contribution in [0.2, 0.25) is 0 Å². The molecule has 2 atom stereocenters. The molecule has 0 bridgehead atoms. The van der Waals surface area contributed by atoms with Crippen LogP contribution in [0.15, 0.2) is 24.3 Å². The lowest BCUT2D eigenvalue weighted by molar-refractivity contribution is -0.136. The van der Waals surface area contributed by atoms with E-state index in [-0.39, 0.29) is 12.5 Å². The number of carboxylic acids is 1. The Morgan fingerprint density at radius 3 is 2.52 bits per heavy atom. The molecule has 0 spiro atoms. The van der Waals surface area contributed by atoms with Crippen LogP contribution in [-0.4, -0.2) is 35.6 Å². The second-order valence-corrected chi connectivity index (χ2v) is 5.85. The zero-order valence-corrected chi connectivity index (χ0v) is 12.5. The molecule has 2 N–H and O–H groups in total. The van der Waals surface area contributed by atoms with Crippen LogP contribution in [0.4, 0.5) is 4.79 Å². The Morgan fingerprint density at radius 2 is 1.95 bits per heavy atom. The van der Waals surface area contributed by atoms with Gasteiger partial charge in [-0.3, -0.25) is 4.79 Å². The van der Waals surface area contributed by atoms with Gasteiger partial charge in [0.15, 0.2) is 0 Å². The summed E-state index contributed by atoms with van der Waals surface area (Å²) in [4.78, 5) is 24.6. The number of carbonyl (C=O) groups is 2. The molecule has 0 heterocycles. The number of nitrogens with zero attached hydrogens (tertiary/aromatic N) is 1. The van der Waals surface area contributed by atoms with Gasteiger partial charge in [0.05, 0.1) is 6.42 Å². The molecule has 0 aliphatic heterocycles. The third kappa shape index (κ3) is 4.48. The maximum atomic E-state index is 12.0. The first-order valence-corrected chi connectivity index (χ1v) is 7.25. The van der Waals surface area contributed by atoms with Gasteiger partial charge in [-0.2, -0.15) is 0 Å². The van der Waals surface area contributed by atoms with E-state index in [2.05, 4.69) is 12.2 Å². The van der Waals surface area contributed by atoms with E-state index in [0.29, 0.717) is 12.5 Å². The Morgan fingerprint density at radius 1 is 1.33 bits per heavy atom. The van der Waals surface area contributed by atoms with Crippen molar-refractivity contribution in [1.82, 2.24) is 10.2 Å². The molecule has 5 nitrogen and oxygen atoms in total. The minimum atomic E-state index is -0.867. The Bertz CT molecular complexity index is 530. The summed E-state index contributed by atoms with van der Waals surface area (Å²) in [5.74, 6) is 0.477. The van der Waals surface area contributed by atoms with Crippen LogP contribution in [-0.2, 0) is 17.8 Å². The van der Waals surface area contributed by atoms with E-state index in [1.165, 1.54) is 6.42 Å². The van der Waals surface area contributed by atoms with E-state index >= 15 is 0 Å².